The number of thiazole rings is 1. The first-order valence-electron chi connectivity index (χ1n) is 8.27. The molecule has 2 saturated heterocycles. The van der Waals surface area contributed by atoms with E-state index in [1.165, 1.54) is 4.88 Å². The first-order chi connectivity index (χ1) is 11.7. The standard InChI is InChI=1S/C18H21N3OS2/c1-2-7-21-8-5-18(17(21)22)13-20(11-14-4-3-9-23-14)12-15(18)16-19-6-10-24-16/h2-4,6,9-10,15H,1,5,7-8,11-13H2. The molecule has 0 radical (unpaired) electrons. The van der Waals surface area contributed by atoms with Crippen LogP contribution in [0.1, 0.15) is 22.2 Å². The fraction of sp³-hybridized carbons (Fsp3) is 0.444. The van der Waals surface area contributed by atoms with Gasteiger partial charge in [-0.25, -0.2) is 4.98 Å². The fourth-order valence-corrected chi connectivity index (χ4v) is 5.72. The number of thiophene rings is 1. The molecule has 0 bridgehead atoms. The first kappa shape index (κ1) is 16.0. The van der Waals surface area contributed by atoms with Gasteiger partial charge in [-0.05, 0) is 17.9 Å². The molecule has 2 aliphatic heterocycles. The maximum absolute atomic E-state index is 13.2. The maximum Gasteiger partial charge on any atom is 0.231 e. The smallest absolute Gasteiger partial charge is 0.231 e. The number of rotatable bonds is 5. The molecule has 24 heavy (non-hydrogen) atoms. The van der Waals surface area contributed by atoms with E-state index in [1.807, 2.05) is 22.6 Å². The Kier molecular flexibility index (Phi) is 4.28. The largest absolute Gasteiger partial charge is 0.338 e. The third-order valence-electron chi connectivity index (χ3n) is 5.21. The first-order valence-corrected chi connectivity index (χ1v) is 10.0. The monoisotopic (exact) mass is 359 g/mol. The van der Waals surface area contributed by atoms with Gasteiger partial charge in [-0.1, -0.05) is 12.1 Å². The molecule has 2 unspecified atom stereocenters. The SMILES string of the molecule is C=CCN1CCC2(CN(Cc3cccs3)CC2c2nccs2)C1=O. The van der Waals surface area contributed by atoms with Crippen LogP contribution in [0.3, 0.4) is 0 Å². The number of hydrogen-bond donors (Lipinski definition) is 0. The lowest BCUT2D eigenvalue weighted by Gasteiger charge is -2.27. The summed E-state index contributed by atoms with van der Waals surface area (Å²) in [6.07, 6.45) is 4.61. The zero-order chi connectivity index (χ0) is 16.6. The molecule has 1 spiro atoms. The summed E-state index contributed by atoms with van der Waals surface area (Å²) in [6, 6.07) is 4.27. The number of nitrogens with zero attached hydrogens (tertiary/aromatic N) is 3. The topological polar surface area (TPSA) is 36.4 Å². The van der Waals surface area contributed by atoms with E-state index in [9.17, 15) is 4.79 Å². The Morgan fingerprint density at radius 1 is 1.42 bits per heavy atom. The van der Waals surface area contributed by atoms with Gasteiger partial charge in [0.2, 0.25) is 5.91 Å². The molecule has 4 rings (SSSR count). The number of hydrogen-bond acceptors (Lipinski definition) is 5. The van der Waals surface area contributed by atoms with E-state index in [1.54, 1.807) is 22.7 Å². The Hall–Kier alpha value is -1.50. The molecule has 2 fully saturated rings. The summed E-state index contributed by atoms with van der Waals surface area (Å²) >= 11 is 3.47. The molecule has 0 N–H and O–H groups in total. The molecule has 2 aromatic heterocycles. The molecule has 0 saturated carbocycles. The summed E-state index contributed by atoms with van der Waals surface area (Å²) in [5, 5.41) is 5.25. The lowest BCUT2D eigenvalue weighted by Crippen LogP contribution is -2.39. The second kappa shape index (κ2) is 6.43. The van der Waals surface area contributed by atoms with Gasteiger partial charge in [-0.15, -0.1) is 29.3 Å². The lowest BCUT2D eigenvalue weighted by molar-refractivity contribution is -0.135. The summed E-state index contributed by atoms with van der Waals surface area (Å²) in [7, 11) is 0. The van der Waals surface area contributed by atoms with Crippen LogP contribution in [-0.2, 0) is 11.3 Å². The van der Waals surface area contributed by atoms with Crippen LogP contribution in [0.15, 0.2) is 41.7 Å². The lowest BCUT2D eigenvalue weighted by atomic mass is 9.77. The molecule has 1 amide bonds. The van der Waals surface area contributed by atoms with Crippen LogP contribution in [0, 0.1) is 5.41 Å². The summed E-state index contributed by atoms with van der Waals surface area (Å²) in [4.78, 5) is 23.5. The van der Waals surface area contributed by atoms with Crippen molar-refractivity contribution in [3.63, 3.8) is 0 Å². The number of amides is 1. The molecule has 126 valence electrons. The molecule has 0 aromatic carbocycles. The number of aromatic nitrogens is 1. The van der Waals surface area contributed by atoms with Gasteiger partial charge in [0.15, 0.2) is 0 Å². The highest BCUT2D eigenvalue weighted by Gasteiger charge is 2.57. The Bertz CT molecular complexity index is 713. The maximum atomic E-state index is 13.2. The van der Waals surface area contributed by atoms with E-state index < -0.39 is 0 Å². The molecule has 0 aliphatic carbocycles. The van der Waals surface area contributed by atoms with Crippen LogP contribution in [0.2, 0.25) is 0 Å². The van der Waals surface area contributed by atoms with Gasteiger partial charge in [0.05, 0.1) is 10.4 Å². The fourth-order valence-electron chi connectivity index (χ4n) is 4.13. The third kappa shape index (κ3) is 2.62. The molecule has 6 heteroatoms. The second-order valence-electron chi connectivity index (χ2n) is 6.62. The average molecular weight is 360 g/mol. The number of carbonyl (C=O) groups is 1. The quantitative estimate of drug-likeness (QED) is 0.769. The van der Waals surface area contributed by atoms with Crippen LogP contribution in [0.4, 0.5) is 0 Å². The molecule has 2 atom stereocenters. The van der Waals surface area contributed by atoms with E-state index in [0.29, 0.717) is 6.54 Å². The van der Waals surface area contributed by atoms with E-state index in [0.717, 1.165) is 37.6 Å². The van der Waals surface area contributed by atoms with Crippen molar-refractivity contribution in [3.05, 3.63) is 51.6 Å². The Balaban J connectivity index is 1.62. The molecule has 2 aromatic rings. The minimum absolute atomic E-state index is 0.208. The van der Waals surface area contributed by atoms with Crippen molar-refractivity contribution in [1.29, 1.82) is 0 Å². The third-order valence-corrected chi connectivity index (χ3v) is 6.96. The van der Waals surface area contributed by atoms with Gasteiger partial charge >= 0.3 is 0 Å². The Morgan fingerprint density at radius 3 is 3.04 bits per heavy atom. The predicted molar refractivity (Wildman–Crippen MR) is 98.3 cm³/mol. The average Bonchev–Trinajstić information content (AvgIpc) is 3.34. The van der Waals surface area contributed by atoms with Crippen LogP contribution in [-0.4, -0.2) is 46.9 Å². The minimum Gasteiger partial charge on any atom is -0.338 e. The van der Waals surface area contributed by atoms with Crippen LogP contribution < -0.4 is 0 Å². The van der Waals surface area contributed by atoms with Crippen molar-refractivity contribution >= 4 is 28.6 Å². The van der Waals surface area contributed by atoms with E-state index in [-0.39, 0.29) is 17.2 Å². The highest BCUT2D eigenvalue weighted by Crippen LogP contribution is 2.50. The van der Waals surface area contributed by atoms with Gasteiger partial charge in [-0.3, -0.25) is 9.69 Å². The van der Waals surface area contributed by atoms with Crippen molar-refractivity contribution in [2.75, 3.05) is 26.2 Å². The van der Waals surface area contributed by atoms with Crippen LogP contribution in [0.5, 0.6) is 0 Å². The van der Waals surface area contributed by atoms with Gasteiger partial charge in [0.25, 0.3) is 0 Å². The Labute approximate surface area is 150 Å². The van der Waals surface area contributed by atoms with Gasteiger partial charge in [-0.2, -0.15) is 0 Å². The van der Waals surface area contributed by atoms with E-state index in [4.69, 9.17) is 0 Å². The molecular formula is C18H21N3OS2. The van der Waals surface area contributed by atoms with Crippen molar-refractivity contribution < 1.29 is 4.79 Å². The molecule has 2 aliphatic rings. The zero-order valence-electron chi connectivity index (χ0n) is 13.6. The van der Waals surface area contributed by atoms with Crippen molar-refractivity contribution in [2.24, 2.45) is 5.41 Å². The summed E-state index contributed by atoms with van der Waals surface area (Å²) in [5.41, 5.74) is -0.307. The van der Waals surface area contributed by atoms with Crippen molar-refractivity contribution in [3.8, 4) is 0 Å². The molecule has 4 nitrogen and oxygen atoms in total. The molecular weight excluding hydrogens is 338 g/mol. The van der Waals surface area contributed by atoms with E-state index in [2.05, 4.69) is 34.0 Å². The van der Waals surface area contributed by atoms with E-state index >= 15 is 0 Å². The number of carbonyl (C=O) groups excluding carboxylic acids is 1. The van der Waals surface area contributed by atoms with Gasteiger partial charge in [0.1, 0.15) is 0 Å². The zero-order valence-corrected chi connectivity index (χ0v) is 15.2. The van der Waals surface area contributed by atoms with Crippen LogP contribution >= 0.6 is 22.7 Å². The summed E-state index contributed by atoms with van der Waals surface area (Å²) < 4.78 is 0. The summed E-state index contributed by atoms with van der Waals surface area (Å²) in [6.45, 7) is 7.95. The molecule has 4 heterocycles. The number of likely N-dealkylation sites (tertiary alicyclic amines) is 2. The van der Waals surface area contributed by atoms with Crippen molar-refractivity contribution in [2.45, 2.75) is 18.9 Å². The van der Waals surface area contributed by atoms with Gasteiger partial charge < -0.3 is 4.90 Å². The highest BCUT2D eigenvalue weighted by molar-refractivity contribution is 7.10. The predicted octanol–water partition coefficient (Wildman–Crippen LogP) is 3.21. The van der Waals surface area contributed by atoms with Gasteiger partial charge in [0, 0.05) is 55.1 Å². The highest BCUT2D eigenvalue weighted by atomic mass is 32.1. The normalized spacial score (nSPS) is 27.4. The minimum atomic E-state index is -0.307. The van der Waals surface area contributed by atoms with Crippen LogP contribution in [0.25, 0.3) is 0 Å². The van der Waals surface area contributed by atoms with Crippen molar-refractivity contribution in [1.82, 2.24) is 14.8 Å². The second-order valence-corrected chi connectivity index (χ2v) is 8.58. The Morgan fingerprint density at radius 2 is 2.33 bits per heavy atom. The summed E-state index contributed by atoms with van der Waals surface area (Å²) in [5.74, 6) is 0.496.